The summed E-state index contributed by atoms with van der Waals surface area (Å²) in [6.45, 7) is -0.220. The van der Waals surface area contributed by atoms with E-state index in [2.05, 4.69) is 4.74 Å². The number of nitrogens with zero attached hydrogens (tertiary/aromatic N) is 1. The normalized spacial score (nSPS) is 15.1. The highest BCUT2D eigenvalue weighted by Crippen LogP contribution is 2.37. The molecule has 0 radical (unpaired) electrons. The number of carbonyl (C=O) groups is 2. The molecule has 28 heavy (non-hydrogen) atoms. The minimum Gasteiger partial charge on any atom is -0.493 e. The molecule has 144 valence electrons. The molecule has 1 heterocycles. The summed E-state index contributed by atoms with van der Waals surface area (Å²) in [5.74, 6) is 0.181. The Labute approximate surface area is 172 Å². The van der Waals surface area contributed by atoms with E-state index < -0.39 is 5.97 Å². The lowest BCUT2D eigenvalue weighted by atomic mass is 10.2. The van der Waals surface area contributed by atoms with Crippen LogP contribution in [0, 0.1) is 0 Å². The number of methoxy groups -OCH3 is 2. The van der Waals surface area contributed by atoms with Crippen LogP contribution >= 0.6 is 24.0 Å². The molecule has 0 aromatic heterocycles. The Morgan fingerprint density at radius 2 is 1.89 bits per heavy atom. The van der Waals surface area contributed by atoms with Gasteiger partial charge in [0.15, 0.2) is 22.4 Å². The molecule has 1 aliphatic rings. The van der Waals surface area contributed by atoms with Gasteiger partial charge in [0, 0.05) is 0 Å². The summed E-state index contributed by atoms with van der Waals surface area (Å²) in [5, 5.41) is 0. The molecule has 0 saturated carbocycles. The maximum Gasteiger partial charge on any atom is 0.343 e. The monoisotopic (exact) mass is 415 g/mol. The van der Waals surface area contributed by atoms with Gasteiger partial charge in [-0.05, 0) is 35.9 Å². The van der Waals surface area contributed by atoms with Gasteiger partial charge in [0.1, 0.15) is 0 Å². The number of thioether (sulfide) groups is 1. The Bertz CT molecular complexity index is 943. The molecule has 3 rings (SSSR count). The zero-order chi connectivity index (χ0) is 20.1. The van der Waals surface area contributed by atoms with Crippen molar-refractivity contribution < 1.29 is 23.8 Å². The van der Waals surface area contributed by atoms with Crippen molar-refractivity contribution in [2.24, 2.45) is 0 Å². The van der Waals surface area contributed by atoms with Crippen molar-refractivity contribution in [2.45, 2.75) is 0 Å². The summed E-state index contributed by atoms with van der Waals surface area (Å²) in [4.78, 5) is 26.1. The fraction of sp³-hybridized carbons (Fsp3) is 0.150. The molecule has 0 aliphatic carbocycles. The van der Waals surface area contributed by atoms with Crippen LogP contribution in [0.4, 0.5) is 5.69 Å². The molecule has 2 aromatic carbocycles. The van der Waals surface area contributed by atoms with Gasteiger partial charge in [0.25, 0.3) is 5.91 Å². The quantitative estimate of drug-likeness (QED) is 0.405. The largest absolute Gasteiger partial charge is 0.493 e. The lowest BCUT2D eigenvalue weighted by Crippen LogP contribution is -2.27. The van der Waals surface area contributed by atoms with Crippen LogP contribution in [0.15, 0.2) is 53.4 Å². The van der Waals surface area contributed by atoms with Gasteiger partial charge < -0.3 is 14.2 Å². The van der Waals surface area contributed by atoms with Crippen molar-refractivity contribution in [1.82, 2.24) is 0 Å². The molecular weight excluding hydrogens is 398 g/mol. The van der Waals surface area contributed by atoms with Gasteiger partial charge in [-0.1, -0.05) is 48.2 Å². The molecule has 8 heteroatoms. The van der Waals surface area contributed by atoms with E-state index in [1.807, 2.05) is 30.3 Å². The zero-order valence-corrected chi connectivity index (χ0v) is 16.8. The van der Waals surface area contributed by atoms with Crippen molar-refractivity contribution in [2.75, 3.05) is 25.7 Å². The predicted octanol–water partition coefficient (Wildman–Crippen LogP) is 3.65. The van der Waals surface area contributed by atoms with Gasteiger partial charge in [0.05, 0.1) is 24.8 Å². The van der Waals surface area contributed by atoms with E-state index in [9.17, 15) is 9.59 Å². The first kappa shape index (κ1) is 19.9. The van der Waals surface area contributed by atoms with Gasteiger partial charge in [-0.25, -0.2) is 4.79 Å². The highest BCUT2D eigenvalue weighted by molar-refractivity contribution is 8.27. The molecule has 1 saturated heterocycles. The summed E-state index contributed by atoms with van der Waals surface area (Å²) in [6, 6.07) is 14.4. The third-order valence-corrected chi connectivity index (χ3v) is 5.17. The maximum atomic E-state index is 12.8. The molecule has 0 atom stereocenters. The van der Waals surface area contributed by atoms with Crippen molar-refractivity contribution >= 4 is 51.9 Å². The third-order valence-electron chi connectivity index (χ3n) is 3.87. The molecule has 2 aromatic rings. The van der Waals surface area contributed by atoms with Crippen LogP contribution in [0.3, 0.4) is 0 Å². The average Bonchev–Trinajstić information content (AvgIpc) is 3.00. The van der Waals surface area contributed by atoms with Crippen LogP contribution in [0.2, 0.25) is 0 Å². The van der Waals surface area contributed by atoms with E-state index in [1.165, 1.54) is 30.9 Å². The Balaban J connectivity index is 1.82. The van der Waals surface area contributed by atoms with Crippen molar-refractivity contribution in [3.05, 3.63) is 59.0 Å². The highest BCUT2D eigenvalue weighted by atomic mass is 32.2. The van der Waals surface area contributed by atoms with Gasteiger partial charge >= 0.3 is 5.97 Å². The molecule has 0 unspecified atom stereocenters. The second-order valence-electron chi connectivity index (χ2n) is 5.63. The second kappa shape index (κ2) is 8.90. The molecule has 0 spiro atoms. The van der Waals surface area contributed by atoms with E-state index in [1.54, 1.807) is 24.3 Å². The summed E-state index contributed by atoms with van der Waals surface area (Å²) >= 11 is 6.61. The fourth-order valence-corrected chi connectivity index (χ4v) is 3.81. The third kappa shape index (κ3) is 4.35. The first-order chi connectivity index (χ1) is 13.5. The zero-order valence-electron chi connectivity index (χ0n) is 15.2. The standard InChI is InChI=1S/C20H17NO5S2/c1-24-16-10-13(8-9-15(16)26-12-18(22)25-2)11-17-19(23)21(20(27)28-17)14-6-4-3-5-7-14/h3-11H,12H2,1-2H3/b17-11+. The smallest absolute Gasteiger partial charge is 0.343 e. The van der Waals surface area contributed by atoms with Gasteiger partial charge in [-0.2, -0.15) is 0 Å². The average molecular weight is 415 g/mol. The van der Waals surface area contributed by atoms with E-state index in [0.29, 0.717) is 20.7 Å². The fourth-order valence-electron chi connectivity index (χ4n) is 2.51. The molecule has 1 fully saturated rings. The number of hydrogen-bond donors (Lipinski definition) is 0. The number of hydrogen-bond acceptors (Lipinski definition) is 7. The maximum absolute atomic E-state index is 12.8. The van der Waals surface area contributed by atoms with Crippen molar-refractivity contribution in [3.63, 3.8) is 0 Å². The number of thiocarbonyl (C=S) groups is 1. The SMILES string of the molecule is COC(=O)COc1ccc(/C=C2/SC(=S)N(c3ccccc3)C2=O)cc1OC. The first-order valence-electron chi connectivity index (χ1n) is 8.24. The summed E-state index contributed by atoms with van der Waals surface area (Å²) in [6.07, 6.45) is 1.74. The minimum absolute atomic E-state index is 0.175. The van der Waals surface area contributed by atoms with E-state index >= 15 is 0 Å². The Morgan fingerprint density at radius 1 is 1.14 bits per heavy atom. The van der Waals surface area contributed by atoms with Gasteiger partial charge in [0.2, 0.25) is 0 Å². The van der Waals surface area contributed by atoms with E-state index in [-0.39, 0.29) is 12.5 Å². The van der Waals surface area contributed by atoms with Crippen LogP contribution in [0.5, 0.6) is 11.5 Å². The minimum atomic E-state index is -0.490. The summed E-state index contributed by atoms with van der Waals surface area (Å²) in [5.41, 5.74) is 1.48. The number of carbonyl (C=O) groups excluding carboxylic acids is 2. The Morgan fingerprint density at radius 3 is 2.57 bits per heavy atom. The first-order valence-corrected chi connectivity index (χ1v) is 9.46. The lowest BCUT2D eigenvalue weighted by Gasteiger charge is -2.13. The molecule has 1 amide bonds. The summed E-state index contributed by atoms with van der Waals surface area (Å²) in [7, 11) is 2.79. The highest BCUT2D eigenvalue weighted by Gasteiger charge is 2.33. The number of anilines is 1. The van der Waals surface area contributed by atoms with Crippen molar-refractivity contribution in [3.8, 4) is 11.5 Å². The molecule has 6 nitrogen and oxygen atoms in total. The Hall–Kier alpha value is -2.84. The molecule has 1 aliphatic heterocycles. The second-order valence-corrected chi connectivity index (χ2v) is 7.30. The van der Waals surface area contributed by atoms with Gasteiger partial charge in [-0.15, -0.1) is 0 Å². The van der Waals surface area contributed by atoms with Crippen LogP contribution in [-0.2, 0) is 14.3 Å². The molecule has 0 N–H and O–H groups in total. The van der Waals surface area contributed by atoms with E-state index in [0.717, 1.165) is 11.3 Å². The van der Waals surface area contributed by atoms with Crippen molar-refractivity contribution in [1.29, 1.82) is 0 Å². The number of benzene rings is 2. The van der Waals surface area contributed by atoms with Crippen LogP contribution < -0.4 is 14.4 Å². The van der Waals surface area contributed by atoms with Gasteiger partial charge in [-0.3, -0.25) is 9.69 Å². The topological polar surface area (TPSA) is 65.1 Å². The lowest BCUT2D eigenvalue weighted by molar-refractivity contribution is -0.142. The number of esters is 1. The molecule has 0 bridgehead atoms. The molecular formula is C20H17NO5S2. The number of amides is 1. The van der Waals surface area contributed by atoms with E-state index in [4.69, 9.17) is 21.7 Å². The summed E-state index contributed by atoms with van der Waals surface area (Å²) < 4.78 is 15.8. The predicted molar refractivity (Wildman–Crippen MR) is 113 cm³/mol. The number of para-hydroxylation sites is 1. The van der Waals surface area contributed by atoms with Crippen LogP contribution in [0.1, 0.15) is 5.56 Å². The Kier molecular flexibility index (Phi) is 6.33. The number of ether oxygens (including phenoxy) is 3. The van der Waals surface area contributed by atoms with Crippen LogP contribution in [0.25, 0.3) is 6.08 Å². The number of rotatable bonds is 6. The van der Waals surface area contributed by atoms with Crippen LogP contribution in [-0.4, -0.2) is 37.0 Å².